The number of carbonyl (C=O) groups is 1. The van der Waals surface area contributed by atoms with Crippen molar-refractivity contribution in [1.29, 1.82) is 0 Å². The SMILES string of the molecule is CC(=O)Nc1c[nH]c2ccc(OCC3CCN(CC(F)(F)F)CC3)cc12. The zero-order chi connectivity index (χ0) is 18.7. The maximum atomic E-state index is 12.4. The number of ether oxygens (including phenoxy) is 1. The standard InChI is InChI=1S/C18H22F3N3O2/c1-12(25)23-17-9-22-16-3-2-14(8-15(16)17)26-10-13-4-6-24(7-5-13)11-18(19,20)21/h2-3,8-9,13,22H,4-7,10-11H2,1H3,(H,23,25). The lowest BCUT2D eigenvalue weighted by Crippen LogP contribution is -2.41. The predicted octanol–water partition coefficient (Wildman–Crippen LogP) is 3.78. The number of hydrogen-bond donors (Lipinski definition) is 2. The van der Waals surface area contributed by atoms with E-state index >= 15 is 0 Å². The number of nitrogens with zero attached hydrogens (tertiary/aromatic N) is 1. The number of aromatic nitrogens is 1. The fourth-order valence-corrected chi connectivity index (χ4v) is 3.26. The van der Waals surface area contributed by atoms with Gasteiger partial charge in [0.25, 0.3) is 0 Å². The van der Waals surface area contributed by atoms with Crippen molar-refractivity contribution in [1.82, 2.24) is 9.88 Å². The van der Waals surface area contributed by atoms with Crippen molar-refractivity contribution in [3.05, 3.63) is 24.4 Å². The number of hydrogen-bond acceptors (Lipinski definition) is 3. The fraction of sp³-hybridized carbons (Fsp3) is 0.500. The van der Waals surface area contributed by atoms with Crippen molar-refractivity contribution in [3.63, 3.8) is 0 Å². The third-order valence-electron chi connectivity index (χ3n) is 4.56. The smallest absolute Gasteiger partial charge is 0.401 e. The number of H-pyrrole nitrogens is 1. The average Bonchev–Trinajstić information content (AvgIpc) is 2.94. The molecule has 142 valence electrons. The molecule has 26 heavy (non-hydrogen) atoms. The molecule has 0 bridgehead atoms. The number of likely N-dealkylation sites (tertiary alicyclic amines) is 1. The van der Waals surface area contributed by atoms with Gasteiger partial charge in [0.05, 0.1) is 18.8 Å². The molecule has 1 aliphatic heterocycles. The van der Waals surface area contributed by atoms with Crippen LogP contribution in [0.4, 0.5) is 18.9 Å². The Balaban J connectivity index is 1.54. The monoisotopic (exact) mass is 369 g/mol. The number of nitrogens with one attached hydrogen (secondary N) is 2. The minimum Gasteiger partial charge on any atom is -0.493 e. The summed E-state index contributed by atoms with van der Waals surface area (Å²) in [6.45, 7) is 1.97. The quantitative estimate of drug-likeness (QED) is 0.843. The molecule has 0 atom stereocenters. The first-order chi connectivity index (χ1) is 12.3. The van der Waals surface area contributed by atoms with E-state index in [1.165, 1.54) is 11.8 Å². The van der Waals surface area contributed by atoms with Crippen LogP contribution in [0.2, 0.25) is 0 Å². The summed E-state index contributed by atoms with van der Waals surface area (Å²) in [6.07, 6.45) is -1.02. The van der Waals surface area contributed by atoms with Gasteiger partial charge < -0.3 is 15.0 Å². The molecule has 0 saturated carbocycles. The van der Waals surface area contributed by atoms with Gasteiger partial charge in [-0.15, -0.1) is 0 Å². The van der Waals surface area contributed by atoms with Gasteiger partial charge >= 0.3 is 6.18 Å². The van der Waals surface area contributed by atoms with E-state index in [0.29, 0.717) is 44.0 Å². The van der Waals surface area contributed by atoms with E-state index in [9.17, 15) is 18.0 Å². The first-order valence-corrected chi connectivity index (χ1v) is 8.61. The second kappa shape index (κ2) is 7.57. The molecule has 1 aromatic heterocycles. The van der Waals surface area contributed by atoms with Crippen LogP contribution in [-0.4, -0.2) is 48.2 Å². The minimum absolute atomic E-state index is 0.150. The van der Waals surface area contributed by atoms with Crippen molar-refractivity contribution in [2.45, 2.75) is 25.9 Å². The van der Waals surface area contributed by atoms with Gasteiger partial charge in [-0.05, 0) is 50.0 Å². The number of piperidine rings is 1. The largest absolute Gasteiger partial charge is 0.493 e. The van der Waals surface area contributed by atoms with E-state index in [0.717, 1.165) is 10.9 Å². The number of anilines is 1. The zero-order valence-corrected chi connectivity index (χ0v) is 14.5. The Hall–Kier alpha value is -2.22. The van der Waals surface area contributed by atoms with E-state index in [1.54, 1.807) is 6.20 Å². The van der Waals surface area contributed by atoms with Crippen LogP contribution in [0.3, 0.4) is 0 Å². The van der Waals surface area contributed by atoms with Crippen LogP contribution < -0.4 is 10.1 Å². The van der Waals surface area contributed by atoms with Gasteiger partial charge in [0.2, 0.25) is 5.91 Å². The Morgan fingerprint density at radius 2 is 2.08 bits per heavy atom. The number of rotatable bonds is 5. The number of alkyl halides is 3. The van der Waals surface area contributed by atoms with Crippen molar-refractivity contribution in [3.8, 4) is 5.75 Å². The number of amides is 1. The molecule has 2 N–H and O–H groups in total. The van der Waals surface area contributed by atoms with E-state index in [-0.39, 0.29) is 11.8 Å². The molecule has 1 saturated heterocycles. The number of benzene rings is 1. The molecular formula is C18H22F3N3O2. The van der Waals surface area contributed by atoms with Crippen LogP contribution in [-0.2, 0) is 4.79 Å². The summed E-state index contributed by atoms with van der Waals surface area (Å²) in [6, 6.07) is 5.58. The summed E-state index contributed by atoms with van der Waals surface area (Å²) in [4.78, 5) is 15.8. The average molecular weight is 369 g/mol. The lowest BCUT2D eigenvalue weighted by molar-refractivity contribution is -0.148. The highest BCUT2D eigenvalue weighted by Crippen LogP contribution is 2.28. The molecular weight excluding hydrogens is 347 g/mol. The van der Waals surface area contributed by atoms with Crippen LogP contribution in [0.5, 0.6) is 5.75 Å². The van der Waals surface area contributed by atoms with Gasteiger partial charge in [0.15, 0.2) is 0 Å². The van der Waals surface area contributed by atoms with E-state index < -0.39 is 12.7 Å². The second-order valence-electron chi connectivity index (χ2n) is 6.74. The second-order valence-corrected chi connectivity index (χ2v) is 6.74. The van der Waals surface area contributed by atoms with E-state index in [1.807, 2.05) is 18.2 Å². The highest BCUT2D eigenvalue weighted by Gasteiger charge is 2.32. The Kier molecular flexibility index (Phi) is 5.41. The van der Waals surface area contributed by atoms with Gasteiger partial charge in [0, 0.05) is 24.0 Å². The number of carbonyl (C=O) groups excluding carboxylic acids is 1. The fourth-order valence-electron chi connectivity index (χ4n) is 3.26. The maximum Gasteiger partial charge on any atom is 0.401 e. The van der Waals surface area contributed by atoms with Crippen LogP contribution in [0, 0.1) is 5.92 Å². The van der Waals surface area contributed by atoms with Gasteiger partial charge in [0.1, 0.15) is 5.75 Å². The first kappa shape index (κ1) is 18.6. The molecule has 3 rings (SSSR count). The number of halogens is 3. The van der Waals surface area contributed by atoms with Crippen molar-refractivity contribution in [2.75, 3.05) is 31.6 Å². The van der Waals surface area contributed by atoms with Crippen molar-refractivity contribution in [2.24, 2.45) is 5.92 Å². The third kappa shape index (κ3) is 4.91. The Labute approximate surface area is 149 Å². The third-order valence-corrected chi connectivity index (χ3v) is 4.56. The summed E-state index contributed by atoms with van der Waals surface area (Å²) in [7, 11) is 0. The molecule has 1 amide bonds. The van der Waals surface area contributed by atoms with Gasteiger partial charge in [-0.3, -0.25) is 9.69 Å². The molecule has 0 aliphatic carbocycles. The molecule has 0 spiro atoms. The lowest BCUT2D eigenvalue weighted by Gasteiger charge is -2.32. The topological polar surface area (TPSA) is 57.4 Å². The molecule has 1 aromatic carbocycles. The molecule has 8 heteroatoms. The first-order valence-electron chi connectivity index (χ1n) is 8.61. The van der Waals surface area contributed by atoms with Gasteiger partial charge in [-0.1, -0.05) is 0 Å². The van der Waals surface area contributed by atoms with Crippen LogP contribution in [0.25, 0.3) is 10.9 Å². The molecule has 0 radical (unpaired) electrons. The Morgan fingerprint density at radius 1 is 1.35 bits per heavy atom. The zero-order valence-electron chi connectivity index (χ0n) is 14.5. The molecule has 2 aromatic rings. The summed E-state index contributed by atoms with van der Waals surface area (Å²) in [5, 5.41) is 3.62. The van der Waals surface area contributed by atoms with Gasteiger partial charge in [-0.25, -0.2) is 0 Å². The van der Waals surface area contributed by atoms with E-state index in [4.69, 9.17) is 4.74 Å². The van der Waals surface area contributed by atoms with Crippen LogP contribution in [0.1, 0.15) is 19.8 Å². The van der Waals surface area contributed by atoms with Crippen LogP contribution >= 0.6 is 0 Å². The van der Waals surface area contributed by atoms with Crippen LogP contribution in [0.15, 0.2) is 24.4 Å². The van der Waals surface area contributed by atoms with E-state index in [2.05, 4.69) is 10.3 Å². The molecule has 2 heterocycles. The number of fused-ring (bicyclic) bond motifs is 1. The highest BCUT2D eigenvalue weighted by molar-refractivity contribution is 6.01. The molecule has 5 nitrogen and oxygen atoms in total. The number of aromatic amines is 1. The van der Waals surface area contributed by atoms with Crippen molar-refractivity contribution >= 4 is 22.5 Å². The summed E-state index contributed by atoms with van der Waals surface area (Å²) in [5.41, 5.74) is 1.58. The Bertz CT molecular complexity index is 765. The van der Waals surface area contributed by atoms with Gasteiger partial charge in [-0.2, -0.15) is 13.2 Å². The maximum absolute atomic E-state index is 12.4. The predicted molar refractivity (Wildman–Crippen MR) is 93.3 cm³/mol. The normalized spacial score (nSPS) is 16.8. The molecule has 1 fully saturated rings. The van der Waals surface area contributed by atoms with Crippen molar-refractivity contribution < 1.29 is 22.7 Å². The Morgan fingerprint density at radius 3 is 2.73 bits per heavy atom. The highest BCUT2D eigenvalue weighted by atomic mass is 19.4. The molecule has 0 unspecified atom stereocenters. The molecule has 1 aliphatic rings. The summed E-state index contributed by atoms with van der Waals surface area (Å²) in [5.74, 6) is 0.778. The summed E-state index contributed by atoms with van der Waals surface area (Å²) >= 11 is 0. The minimum atomic E-state index is -4.14. The summed E-state index contributed by atoms with van der Waals surface area (Å²) < 4.78 is 43.1. The lowest BCUT2D eigenvalue weighted by atomic mass is 9.98.